The number of pyridine rings is 1. The normalized spacial score (nSPS) is 14.0. The predicted molar refractivity (Wildman–Crippen MR) is 78.3 cm³/mol. The molecule has 1 aliphatic carbocycles. The van der Waals surface area contributed by atoms with Gasteiger partial charge >= 0.3 is 0 Å². The van der Waals surface area contributed by atoms with E-state index in [1.54, 1.807) is 29.4 Å². The topological polar surface area (TPSA) is 33.2 Å². The molecule has 0 atom stereocenters. The number of nitrogens with zero attached hydrogens (tertiary/aromatic N) is 2. The first-order valence-electron chi connectivity index (χ1n) is 7.11. The van der Waals surface area contributed by atoms with Crippen molar-refractivity contribution in [3.63, 3.8) is 0 Å². The summed E-state index contributed by atoms with van der Waals surface area (Å²) in [5.41, 5.74) is 2.01. The molecule has 1 heterocycles. The van der Waals surface area contributed by atoms with Crippen molar-refractivity contribution in [2.75, 3.05) is 0 Å². The minimum absolute atomic E-state index is 0.158. The highest BCUT2D eigenvalue weighted by Crippen LogP contribution is 2.30. The van der Waals surface area contributed by atoms with Crippen molar-refractivity contribution in [2.24, 2.45) is 0 Å². The number of aromatic nitrogens is 1. The Morgan fingerprint density at radius 1 is 1.38 bits per heavy atom. The predicted octanol–water partition coefficient (Wildman–Crippen LogP) is 3.33. The zero-order chi connectivity index (χ0) is 14.8. The van der Waals surface area contributed by atoms with Gasteiger partial charge in [0, 0.05) is 25.0 Å². The third kappa shape index (κ3) is 3.10. The Balaban J connectivity index is 1.87. The van der Waals surface area contributed by atoms with E-state index >= 15 is 0 Å². The largest absolute Gasteiger partial charge is 0.331 e. The van der Waals surface area contributed by atoms with E-state index < -0.39 is 5.82 Å². The molecule has 1 aliphatic rings. The number of amides is 1. The first kappa shape index (κ1) is 13.7. The maximum Gasteiger partial charge on any atom is 0.257 e. The number of hydrogen-bond donors (Lipinski definition) is 0. The maximum absolute atomic E-state index is 13.9. The summed E-state index contributed by atoms with van der Waals surface area (Å²) in [5.74, 6) is -0.690. The molecule has 108 valence electrons. The van der Waals surface area contributed by atoms with Gasteiger partial charge in [-0.2, -0.15) is 0 Å². The molecule has 0 aliphatic heterocycles. The molecule has 1 aromatic carbocycles. The standard InChI is InChI=1S/C17H17FN2O/c1-12-4-7-16(18)15(9-12)17(21)20(14-5-6-14)11-13-3-2-8-19-10-13/h2-4,7-10,14H,5-6,11H2,1H3. The van der Waals surface area contributed by atoms with E-state index in [0.29, 0.717) is 6.54 Å². The Hall–Kier alpha value is -2.23. The minimum atomic E-state index is -0.456. The second-order valence-electron chi connectivity index (χ2n) is 5.51. The summed E-state index contributed by atoms with van der Waals surface area (Å²) in [6.07, 6.45) is 5.42. The number of hydrogen-bond acceptors (Lipinski definition) is 2. The Labute approximate surface area is 123 Å². The van der Waals surface area contributed by atoms with E-state index in [9.17, 15) is 9.18 Å². The third-order valence-electron chi connectivity index (χ3n) is 3.68. The van der Waals surface area contributed by atoms with Crippen molar-refractivity contribution < 1.29 is 9.18 Å². The Morgan fingerprint density at radius 2 is 2.19 bits per heavy atom. The lowest BCUT2D eigenvalue weighted by Crippen LogP contribution is -2.33. The molecule has 1 aromatic heterocycles. The summed E-state index contributed by atoms with van der Waals surface area (Å²) < 4.78 is 13.9. The lowest BCUT2D eigenvalue weighted by molar-refractivity contribution is 0.0725. The highest BCUT2D eigenvalue weighted by molar-refractivity contribution is 5.95. The van der Waals surface area contributed by atoms with Crippen LogP contribution in [0.4, 0.5) is 4.39 Å². The molecule has 21 heavy (non-hydrogen) atoms. The first-order chi connectivity index (χ1) is 10.1. The van der Waals surface area contributed by atoms with Crippen LogP contribution < -0.4 is 0 Å². The Kier molecular flexibility index (Phi) is 3.69. The summed E-state index contributed by atoms with van der Waals surface area (Å²) in [5, 5.41) is 0. The van der Waals surface area contributed by atoms with E-state index in [2.05, 4.69) is 4.98 Å². The zero-order valence-electron chi connectivity index (χ0n) is 11.9. The van der Waals surface area contributed by atoms with Gasteiger partial charge in [0.25, 0.3) is 5.91 Å². The van der Waals surface area contributed by atoms with Gasteiger partial charge in [-0.15, -0.1) is 0 Å². The second kappa shape index (κ2) is 5.64. The van der Waals surface area contributed by atoms with Gasteiger partial charge in [0.15, 0.2) is 0 Å². The van der Waals surface area contributed by atoms with Gasteiger partial charge in [-0.1, -0.05) is 17.7 Å². The van der Waals surface area contributed by atoms with Crippen LogP contribution in [0.25, 0.3) is 0 Å². The van der Waals surface area contributed by atoms with Crippen molar-refractivity contribution in [1.29, 1.82) is 0 Å². The van der Waals surface area contributed by atoms with Crippen LogP contribution in [0.3, 0.4) is 0 Å². The summed E-state index contributed by atoms with van der Waals surface area (Å²) in [4.78, 5) is 18.5. The van der Waals surface area contributed by atoms with Crippen LogP contribution in [0, 0.1) is 12.7 Å². The van der Waals surface area contributed by atoms with E-state index in [1.807, 2.05) is 19.1 Å². The van der Waals surface area contributed by atoms with Crippen molar-refractivity contribution in [3.8, 4) is 0 Å². The fraction of sp³-hybridized carbons (Fsp3) is 0.294. The molecule has 1 fully saturated rings. The molecule has 1 saturated carbocycles. The van der Waals surface area contributed by atoms with Crippen LogP contribution in [0.1, 0.15) is 34.3 Å². The number of carbonyl (C=O) groups excluding carboxylic acids is 1. The average Bonchev–Trinajstić information content (AvgIpc) is 3.32. The molecule has 2 aromatic rings. The molecular formula is C17H17FN2O. The fourth-order valence-electron chi connectivity index (χ4n) is 2.40. The summed E-state index contributed by atoms with van der Waals surface area (Å²) in [6.45, 7) is 2.34. The zero-order valence-corrected chi connectivity index (χ0v) is 11.9. The average molecular weight is 284 g/mol. The molecule has 3 nitrogen and oxygen atoms in total. The van der Waals surface area contributed by atoms with E-state index in [-0.39, 0.29) is 17.5 Å². The van der Waals surface area contributed by atoms with Gasteiger partial charge in [-0.25, -0.2) is 4.39 Å². The smallest absolute Gasteiger partial charge is 0.257 e. The highest BCUT2D eigenvalue weighted by Gasteiger charge is 2.34. The molecule has 4 heteroatoms. The Bertz CT molecular complexity index is 653. The number of carbonyl (C=O) groups is 1. The Morgan fingerprint density at radius 3 is 2.86 bits per heavy atom. The van der Waals surface area contributed by atoms with Crippen LogP contribution in [-0.4, -0.2) is 21.8 Å². The number of benzene rings is 1. The lowest BCUT2D eigenvalue weighted by atomic mass is 10.1. The molecule has 0 unspecified atom stereocenters. The van der Waals surface area contributed by atoms with Crippen molar-refractivity contribution in [3.05, 3.63) is 65.2 Å². The molecule has 0 bridgehead atoms. The van der Waals surface area contributed by atoms with E-state index in [0.717, 1.165) is 24.0 Å². The van der Waals surface area contributed by atoms with Crippen LogP contribution >= 0.6 is 0 Å². The summed E-state index contributed by atoms with van der Waals surface area (Å²) in [7, 11) is 0. The fourth-order valence-corrected chi connectivity index (χ4v) is 2.40. The highest BCUT2D eigenvalue weighted by atomic mass is 19.1. The van der Waals surface area contributed by atoms with Gasteiger partial charge in [-0.3, -0.25) is 9.78 Å². The van der Waals surface area contributed by atoms with E-state index in [1.165, 1.54) is 6.07 Å². The monoisotopic (exact) mass is 284 g/mol. The summed E-state index contributed by atoms with van der Waals surface area (Å²) in [6, 6.07) is 8.65. The van der Waals surface area contributed by atoms with Crippen LogP contribution in [0.5, 0.6) is 0 Å². The van der Waals surface area contributed by atoms with Gasteiger partial charge in [0.05, 0.1) is 5.56 Å². The second-order valence-corrected chi connectivity index (χ2v) is 5.51. The SMILES string of the molecule is Cc1ccc(F)c(C(=O)N(Cc2cccnc2)C2CC2)c1. The van der Waals surface area contributed by atoms with Gasteiger partial charge in [0.2, 0.25) is 0 Å². The lowest BCUT2D eigenvalue weighted by Gasteiger charge is -2.23. The number of aryl methyl sites for hydroxylation is 1. The van der Waals surface area contributed by atoms with Gasteiger partial charge in [-0.05, 0) is 43.5 Å². The molecule has 0 N–H and O–H groups in total. The molecule has 1 amide bonds. The molecule has 0 spiro atoms. The number of rotatable bonds is 4. The summed E-state index contributed by atoms with van der Waals surface area (Å²) >= 11 is 0. The van der Waals surface area contributed by atoms with Crippen molar-refractivity contribution >= 4 is 5.91 Å². The van der Waals surface area contributed by atoms with Crippen LogP contribution in [0.2, 0.25) is 0 Å². The van der Waals surface area contributed by atoms with Gasteiger partial charge in [0.1, 0.15) is 5.82 Å². The minimum Gasteiger partial charge on any atom is -0.331 e. The van der Waals surface area contributed by atoms with Crippen molar-refractivity contribution in [1.82, 2.24) is 9.88 Å². The number of halogens is 1. The first-order valence-corrected chi connectivity index (χ1v) is 7.11. The quantitative estimate of drug-likeness (QED) is 0.862. The molecule has 3 rings (SSSR count). The maximum atomic E-state index is 13.9. The molecule has 0 radical (unpaired) electrons. The van der Waals surface area contributed by atoms with E-state index in [4.69, 9.17) is 0 Å². The van der Waals surface area contributed by atoms with Crippen LogP contribution in [0.15, 0.2) is 42.7 Å². The van der Waals surface area contributed by atoms with Crippen molar-refractivity contribution in [2.45, 2.75) is 32.4 Å². The van der Waals surface area contributed by atoms with Crippen LogP contribution in [-0.2, 0) is 6.54 Å². The molecular weight excluding hydrogens is 267 g/mol. The molecule has 0 saturated heterocycles. The van der Waals surface area contributed by atoms with Gasteiger partial charge < -0.3 is 4.90 Å². The third-order valence-corrected chi connectivity index (χ3v) is 3.68.